The van der Waals surface area contributed by atoms with Gasteiger partial charge in [-0.3, -0.25) is 4.79 Å². The molecule has 9 heteroatoms. The van der Waals surface area contributed by atoms with E-state index in [1.165, 1.54) is 24.3 Å². The van der Waals surface area contributed by atoms with Crippen molar-refractivity contribution in [3.05, 3.63) is 53.8 Å². The van der Waals surface area contributed by atoms with Gasteiger partial charge in [-0.2, -0.15) is 9.67 Å². The van der Waals surface area contributed by atoms with Gasteiger partial charge in [0, 0.05) is 18.2 Å². The lowest BCUT2D eigenvalue weighted by Crippen LogP contribution is -2.15. The number of carbonyl (C=O) groups excluding carboxylic acids is 1. The topological polar surface area (TPSA) is 84.7 Å². The van der Waals surface area contributed by atoms with Crippen LogP contribution in [-0.4, -0.2) is 47.8 Å². The number of methoxy groups -OCH3 is 1. The van der Waals surface area contributed by atoms with Gasteiger partial charge in [-0.05, 0) is 42.5 Å². The van der Waals surface area contributed by atoms with Crippen molar-refractivity contribution in [1.82, 2.24) is 14.8 Å². The molecule has 0 N–H and O–H groups in total. The van der Waals surface area contributed by atoms with Crippen molar-refractivity contribution in [2.24, 2.45) is 0 Å². The van der Waals surface area contributed by atoms with E-state index >= 15 is 0 Å². The molecule has 0 atom stereocenters. The maximum atomic E-state index is 13.2. The number of aromatic nitrogens is 3. The van der Waals surface area contributed by atoms with Gasteiger partial charge < -0.3 is 18.9 Å². The fourth-order valence-corrected chi connectivity index (χ4v) is 2.65. The molecule has 0 fully saturated rings. The summed E-state index contributed by atoms with van der Waals surface area (Å²) < 4.78 is 35.4. The number of nitrogens with zero attached hydrogens (tertiary/aromatic N) is 3. The molecule has 2 heterocycles. The average molecular weight is 385 g/mol. The van der Waals surface area contributed by atoms with E-state index < -0.39 is 11.7 Å². The second-order valence-corrected chi connectivity index (χ2v) is 5.85. The molecule has 8 nitrogen and oxygen atoms in total. The minimum atomic E-state index is -0.471. The molecular weight excluding hydrogens is 369 g/mol. The average Bonchev–Trinajstić information content (AvgIpc) is 3.34. The molecule has 0 bridgehead atoms. The second-order valence-electron chi connectivity index (χ2n) is 5.85. The Kier molecular flexibility index (Phi) is 4.90. The van der Waals surface area contributed by atoms with Gasteiger partial charge in [-0.25, -0.2) is 4.39 Å². The number of halogens is 1. The first-order valence-electron chi connectivity index (χ1n) is 8.45. The normalized spacial score (nSPS) is 12.2. The van der Waals surface area contributed by atoms with Crippen LogP contribution >= 0.6 is 0 Å². The summed E-state index contributed by atoms with van der Waals surface area (Å²) in [5, 5.41) is 4.16. The van der Waals surface area contributed by atoms with E-state index in [1.807, 2.05) is 0 Å². The van der Waals surface area contributed by atoms with E-state index in [9.17, 15) is 9.18 Å². The number of rotatable bonds is 6. The van der Waals surface area contributed by atoms with Crippen LogP contribution < -0.4 is 14.2 Å². The van der Waals surface area contributed by atoms with E-state index in [0.29, 0.717) is 23.7 Å². The van der Waals surface area contributed by atoms with Crippen molar-refractivity contribution < 1.29 is 28.1 Å². The SMILES string of the molecule is COCCOc1nc(-c2ccc3c(c2)OCO3)n(C(=O)c2ccc(F)cc2)n1. The molecule has 1 aliphatic heterocycles. The zero-order valence-corrected chi connectivity index (χ0v) is 14.9. The first-order chi connectivity index (χ1) is 13.7. The molecule has 0 aliphatic carbocycles. The molecule has 0 saturated carbocycles. The first-order valence-corrected chi connectivity index (χ1v) is 8.45. The molecule has 0 amide bonds. The highest BCUT2D eigenvalue weighted by Crippen LogP contribution is 2.35. The molecule has 0 spiro atoms. The third-order valence-corrected chi connectivity index (χ3v) is 4.02. The summed E-state index contributed by atoms with van der Waals surface area (Å²) in [6, 6.07) is 10.4. The van der Waals surface area contributed by atoms with Crippen LogP contribution in [0.4, 0.5) is 4.39 Å². The van der Waals surface area contributed by atoms with Gasteiger partial charge in [0.05, 0.1) is 6.61 Å². The third-order valence-electron chi connectivity index (χ3n) is 4.02. The second kappa shape index (κ2) is 7.65. The van der Waals surface area contributed by atoms with E-state index in [0.717, 1.165) is 4.68 Å². The lowest BCUT2D eigenvalue weighted by molar-refractivity contribution is 0.0943. The molecule has 2 aromatic carbocycles. The van der Waals surface area contributed by atoms with Gasteiger partial charge in [0.15, 0.2) is 17.3 Å². The number of hydrogen-bond donors (Lipinski definition) is 0. The highest BCUT2D eigenvalue weighted by Gasteiger charge is 2.22. The van der Waals surface area contributed by atoms with Crippen molar-refractivity contribution >= 4 is 5.91 Å². The summed E-state index contributed by atoms with van der Waals surface area (Å²) in [6.07, 6.45) is 0. The Bertz CT molecular complexity index is 1000. The minimum absolute atomic E-state index is 0.0279. The van der Waals surface area contributed by atoms with Crippen molar-refractivity contribution in [3.8, 4) is 28.9 Å². The van der Waals surface area contributed by atoms with Gasteiger partial charge >= 0.3 is 6.01 Å². The molecule has 28 heavy (non-hydrogen) atoms. The summed E-state index contributed by atoms with van der Waals surface area (Å²) in [4.78, 5) is 17.3. The smallest absolute Gasteiger partial charge is 0.336 e. The Balaban J connectivity index is 1.73. The summed E-state index contributed by atoms with van der Waals surface area (Å²) in [5.41, 5.74) is 0.852. The Hall–Kier alpha value is -3.46. The van der Waals surface area contributed by atoms with Crippen LogP contribution in [0.15, 0.2) is 42.5 Å². The monoisotopic (exact) mass is 385 g/mol. The zero-order chi connectivity index (χ0) is 19.5. The molecule has 3 aromatic rings. The molecule has 0 unspecified atom stereocenters. The lowest BCUT2D eigenvalue weighted by atomic mass is 10.1. The molecular formula is C19H16FN3O5. The van der Waals surface area contributed by atoms with Crippen molar-refractivity contribution in [3.63, 3.8) is 0 Å². The van der Waals surface area contributed by atoms with Crippen LogP contribution in [0, 0.1) is 5.82 Å². The largest absolute Gasteiger partial charge is 0.460 e. The number of ether oxygens (including phenoxy) is 4. The quantitative estimate of drug-likeness (QED) is 0.603. The Morgan fingerprint density at radius 1 is 1.14 bits per heavy atom. The highest BCUT2D eigenvalue weighted by molar-refractivity contribution is 5.97. The predicted molar refractivity (Wildman–Crippen MR) is 95.1 cm³/mol. The minimum Gasteiger partial charge on any atom is -0.460 e. The summed E-state index contributed by atoms with van der Waals surface area (Å²) >= 11 is 0. The van der Waals surface area contributed by atoms with Crippen molar-refractivity contribution in [2.45, 2.75) is 0 Å². The lowest BCUT2D eigenvalue weighted by Gasteiger charge is -2.05. The number of fused-ring (bicyclic) bond motifs is 1. The number of carbonyl (C=O) groups is 1. The molecule has 0 radical (unpaired) electrons. The van der Waals surface area contributed by atoms with Crippen molar-refractivity contribution in [2.75, 3.05) is 27.1 Å². The summed E-state index contributed by atoms with van der Waals surface area (Å²) in [7, 11) is 1.55. The van der Waals surface area contributed by atoms with Crippen LogP contribution in [0.25, 0.3) is 11.4 Å². The maximum Gasteiger partial charge on any atom is 0.336 e. The Morgan fingerprint density at radius 2 is 1.93 bits per heavy atom. The highest BCUT2D eigenvalue weighted by atomic mass is 19.1. The molecule has 1 aliphatic rings. The molecule has 1 aromatic heterocycles. The van der Waals surface area contributed by atoms with Crippen molar-refractivity contribution in [1.29, 1.82) is 0 Å². The van der Waals surface area contributed by atoms with Crippen LogP contribution in [0.2, 0.25) is 0 Å². The van der Waals surface area contributed by atoms with Crippen LogP contribution in [0.3, 0.4) is 0 Å². The number of hydrogen-bond acceptors (Lipinski definition) is 7. The standard InChI is InChI=1S/C19H16FN3O5/c1-25-8-9-26-19-21-17(13-4-7-15-16(10-13)28-11-27-15)23(22-19)18(24)12-2-5-14(20)6-3-12/h2-7,10H,8-9,11H2,1H3. The van der Waals surface area contributed by atoms with Crippen LogP contribution in [-0.2, 0) is 4.74 Å². The third kappa shape index (κ3) is 3.52. The predicted octanol–water partition coefficient (Wildman–Crippen LogP) is 2.53. The zero-order valence-electron chi connectivity index (χ0n) is 14.9. The first kappa shape index (κ1) is 17.9. The van der Waals surface area contributed by atoms with Gasteiger partial charge in [0.25, 0.3) is 5.91 Å². The van der Waals surface area contributed by atoms with Gasteiger partial charge in [-0.15, -0.1) is 5.10 Å². The molecule has 4 rings (SSSR count). The summed E-state index contributed by atoms with van der Waals surface area (Å²) in [5.74, 6) is 0.510. The van der Waals surface area contributed by atoms with Gasteiger partial charge in [0.2, 0.25) is 6.79 Å². The maximum absolute atomic E-state index is 13.2. The Labute approximate surface area is 159 Å². The van der Waals surface area contributed by atoms with E-state index in [4.69, 9.17) is 18.9 Å². The fraction of sp³-hybridized carbons (Fsp3) is 0.211. The van der Waals surface area contributed by atoms with Crippen LogP contribution in [0.1, 0.15) is 10.4 Å². The Morgan fingerprint density at radius 3 is 2.71 bits per heavy atom. The van der Waals surface area contributed by atoms with E-state index in [-0.39, 0.29) is 30.8 Å². The van der Waals surface area contributed by atoms with Gasteiger partial charge in [-0.1, -0.05) is 0 Å². The summed E-state index contributed by atoms with van der Waals surface area (Å²) in [6.45, 7) is 0.705. The van der Waals surface area contributed by atoms with E-state index in [1.54, 1.807) is 25.3 Å². The number of benzene rings is 2. The molecule has 0 saturated heterocycles. The fourth-order valence-electron chi connectivity index (χ4n) is 2.65. The molecule has 144 valence electrons. The van der Waals surface area contributed by atoms with Gasteiger partial charge in [0.1, 0.15) is 12.4 Å². The van der Waals surface area contributed by atoms with E-state index in [2.05, 4.69) is 10.1 Å². The van der Waals surface area contributed by atoms with Crippen LogP contribution in [0.5, 0.6) is 17.5 Å².